The summed E-state index contributed by atoms with van der Waals surface area (Å²) in [7, 11) is 0. The largest absolute Gasteiger partial charge is 0.377 e. The number of hydrogen-bond donors (Lipinski definition) is 1. The molecule has 1 aromatic heterocycles. The number of nitrogens with zero attached hydrogens (tertiary/aromatic N) is 3. The SMILES string of the molecule is C[C@]12CCC(=O)C[C@@H]1CC[C@@H]1[C@@H]2CC[C@]2(C)[C@@H](OCCC(=O)N3CCN(C(=O)c4cc(Cc5n[nH]c(=O)c6ccccc56)ccc4F)CC3)CC[C@@H]12. The van der Waals surface area contributed by atoms with Gasteiger partial charge in [0.2, 0.25) is 5.91 Å². The Hall–Kier alpha value is -3.92. The highest BCUT2D eigenvalue weighted by atomic mass is 19.1. The van der Waals surface area contributed by atoms with Crippen LogP contribution in [0.4, 0.5) is 4.39 Å². The number of carbonyl (C=O) groups is 3. The van der Waals surface area contributed by atoms with E-state index < -0.39 is 11.7 Å². The minimum absolute atomic E-state index is 0.00667. The lowest BCUT2D eigenvalue weighted by Gasteiger charge is -2.60. The van der Waals surface area contributed by atoms with Crippen LogP contribution in [0.15, 0.2) is 47.3 Å². The number of fused-ring (bicyclic) bond motifs is 6. The molecule has 4 saturated carbocycles. The second-order valence-corrected chi connectivity index (χ2v) is 16.8. The van der Waals surface area contributed by atoms with E-state index in [-0.39, 0.29) is 28.5 Å². The molecule has 10 heteroatoms. The van der Waals surface area contributed by atoms with Crippen molar-refractivity contribution in [1.29, 1.82) is 0 Å². The molecule has 0 spiro atoms. The number of halogens is 1. The molecule has 2 heterocycles. The zero-order chi connectivity index (χ0) is 36.2. The number of piperazine rings is 1. The zero-order valence-corrected chi connectivity index (χ0v) is 30.5. The summed E-state index contributed by atoms with van der Waals surface area (Å²) in [6.45, 7) is 6.79. The summed E-state index contributed by atoms with van der Waals surface area (Å²) in [6.07, 6.45) is 10.5. The molecule has 4 aliphatic carbocycles. The van der Waals surface area contributed by atoms with Crippen molar-refractivity contribution in [3.05, 3.63) is 75.5 Å². The molecule has 7 atom stereocenters. The monoisotopic (exact) mass is 710 g/mol. The Kier molecular flexibility index (Phi) is 9.33. The van der Waals surface area contributed by atoms with Gasteiger partial charge in [0.25, 0.3) is 11.5 Å². The van der Waals surface area contributed by atoms with E-state index in [9.17, 15) is 19.2 Å². The summed E-state index contributed by atoms with van der Waals surface area (Å²) in [5.41, 5.74) is 1.51. The highest BCUT2D eigenvalue weighted by molar-refractivity contribution is 5.95. The summed E-state index contributed by atoms with van der Waals surface area (Å²) in [5.74, 6) is 2.15. The van der Waals surface area contributed by atoms with Crippen LogP contribution in [0.1, 0.15) is 99.7 Å². The number of rotatable bonds is 7. The number of hydrogen-bond acceptors (Lipinski definition) is 6. The fourth-order valence-electron chi connectivity index (χ4n) is 11.4. The van der Waals surface area contributed by atoms with Crippen molar-refractivity contribution in [2.75, 3.05) is 32.8 Å². The van der Waals surface area contributed by atoms with Crippen LogP contribution in [0, 0.1) is 40.3 Å². The van der Waals surface area contributed by atoms with E-state index in [2.05, 4.69) is 24.0 Å². The van der Waals surface area contributed by atoms with E-state index in [4.69, 9.17) is 4.74 Å². The quantitative estimate of drug-likeness (QED) is 0.307. The van der Waals surface area contributed by atoms with Crippen molar-refractivity contribution in [3.63, 3.8) is 0 Å². The van der Waals surface area contributed by atoms with Crippen LogP contribution in [0.3, 0.4) is 0 Å². The van der Waals surface area contributed by atoms with Crippen LogP contribution in [-0.4, -0.2) is 76.5 Å². The normalized spacial score (nSPS) is 31.6. The number of amides is 2. The highest BCUT2D eigenvalue weighted by Crippen LogP contribution is 2.66. The lowest BCUT2D eigenvalue weighted by atomic mass is 9.45. The van der Waals surface area contributed by atoms with E-state index in [1.807, 2.05) is 12.1 Å². The Morgan fingerprint density at radius 2 is 1.65 bits per heavy atom. The van der Waals surface area contributed by atoms with Gasteiger partial charge in [-0.2, -0.15) is 5.10 Å². The molecule has 0 radical (unpaired) electrons. The van der Waals surface area contributed by atoms with Gasteiger partial charge in [-0.25, -0.2) is 9.49 Å². The molecule has 5 aliphatic rings. The first-order valence-corrected chi connectivity index (χ1v) is 19.5. The van der Waals surface area contributed by atoms with E-state index in [0.29, 0.717) is 97.1 Å². The van der Waals surface area contributed by atoms with Crippen molar-refractivity contribution in [3.8, 4) is 0 Å². The summed E-state index contributed by atoms with van der Waals surface area (Å²) < 4.78 is 21.6. The predicted octanol–water partition coefficient (Wildman–Crippen LogP) is 6.32. The maximum atomic E-state index is 15.0. The Morgan fingerprint density at radius 3 is 2.46 bits per heavy atom. The first-order chi connectivity index (χ1) is 25.0. The first-order valence-electron chi connectivity index (χ1n) is 19.5. The lowest BCUT2D eigenvalue weighted by molar-refractivity contribution is -0.146. The second kappa shape index (κ2) is 13.8. The third-order valence-electron chi connectivity index (χ3n) is 14.4. The Morgan fingerprint density at radius 1 is 0.904 bits per heavy atom. The number of aromatic nitrogens is 2. The Bertz CT molecular complexity index is 1940. The minimum atomic E-state index is -0.590. The van der Waals surface area contributed by atoms with Crippen molar-refractivity contribution in [1.82, 2.24) is 20.0 Å². The number of ketones is 1. The van der Waals surface area contributed by atoms with Gasteiger partial charge in [0.1, 0.15) is 11.6 Å². The van der Waals surface area contributed by atoms with Crippen molar-refractivity contribution in [2.45, 2.75) is 90.6 Å². The second-order valence-electron chi connectivity index (χ2n) is 16.8. The fourth-order valence-corrected chi connectivity index (χ4v) is 11.4. The molecule has 1 saturated heterocycles. The van der Waals surface area contributed by atoms with Crippen LogP contribution < -0.4 is 5.56 Å². The number of aromatic amines is 1. The summed E-state index contributed by atoms with van der Waals surface area (Å²) in [5, 5.41) is 8.01. The third-order valence-corrected chi connectivity index (χ3v) is 14.4. The van der Waals surface area contributed by atoms with Gasteiger partial charge in [0.05, 0.1) is 35.8 Å². The Labute approximate surface area is 304 Å². The number of ether oxygens (including phenoxy) is 1. The van der Waals surface area contributed by atoms with Gasteiger partial charge >= 0.3 is 0 Å². The fraction of sp³-hybridized carbons (Fsp3) is 0.595. The maximum absolute atomic E-state index is 15.0. The molecule has 5 fully saturated rings. The van der Waals surface area contributed by atoms with Gasteiger partial charge in [-0.1, -0.05) is 38.1 Å². The van der Waals surface area contributed by atoms with Gasteiger partial charge < -0.3 is 14.5 Å². The average molecular weight is 711 g/mol. The van der Waals surface area contributed by atoms with Crippen LogP contribution in [0.5, 0.6) is 0 Å². The highest BCUT2D eigenvalue weighted by Gasteiger charge is 2.60. The standard InChI is InChI=1S/C42H51FN4O5/c1-41-16-13-28(48)25-27(41)8-9-31-33-10-12-37(42(33,2)17-14-34(31)41)52-22-15-38(49)46-18-20-47(21-19-46)40(51)32-23-26(7-11-35(32)43)24-36-29-5-3-4-6-30(29)39(50)45-44-36/h3-7,11,23,27,31,33-34,37H,8-10,12-22,24-25H2,1-2H3,(H,45,50)/t27-,31-,33-,34-,37-,41-,42-/m0/s1. The van der Waals surface area contributed by atoms with E-state index in [1.54, 1.807) is 34.1 Å². The molecule has 8 rings (SSSR count). The maximum Gasteiger partial charge on any atom is 0.272 e. The van der Waals surface area contributed by atoms with Gasteiger partial charge in [-0.3, -0.25) is 19.2 Å². The molecule has 2 aromatic carbocycles. The molecule has 9 nitrogen and oxygen atoms in total. The summed E-state index contributed by atoms with van der Waals surface area (Å²) in [4.78, 5) is 54.7. The van der Waals surface area contributed by atoms with Crippen LogP contribution >= 0.6 is 0 Å². The lowest BCUT2D eigenvalue weighted by Crippen LogP contribution is -2.54. The summed E-state index contributed by atoms with van der Waals surface area (Å²) >= 11 is 0. The molecule has 276 valence electrons. The van der Waals surface area contributed by atoms with E-state index in [1.165, 1.54) is 31.7 Å². The minimum Gasteiger partial charge on any atom is -0.377 e. The van der Waals surface area contributed by atoms with Crippen LogP contribution in [-0.2, 0) is 20.7 Å². The average Bonchev–Trinajstić information content (AvgIpc) is 3.49. The van der Waals surface area contributed by atoms with Gasteiger partial charge in [0, 0.05) is 50.8 Å². The molecule has 0 unspecified atom stereocenters. The molecule has 0 bridgehead atoms. The number of carbonyl (C=O) groups excluding carboxylic acids is 3. The predicted molar refractivity (Wildman–Crippen MR) is 195 cm³/mol. The number of H-pyrrole nitrogens is 1. The van der Waals surface area contributed by atoms with Crippen molar-refractivity contribution in [2.24, 2.45) is 34.5 Å². The number of nitrogens with one attached hydrogen (secondary N) is 1. The number of Topliss-reactive ketones (excluding diaryl/α,β-unsaturated/α-hetero) is 1. The smallest absolute Gasteiger partial charge is 0.272 e. The molecular formula is C42H51FN4O5. The Balaban J connectivity index is 0.830. The molecule has 3 aromatic rings. The molecule has 1 N–H and O–H groups in total. The third kappa shape index (κ3) is 6.18. The van der Waals surface area contributed by atoms with Crippen LogP contribution in [0.2, 0.25) is 0 Å². The van der Waals surface area contributed by atoms with E-state index in [0.717, 1.165) is 37.5 Å². The van der Waals surface area contributed by atoms with Crippen molar-refractivity contribution >= 4 is 28.4 Å². The van der Waals surface area contributed by atoms with Gasteiger partial charge in [-0.15, -0.1) is 0 Å². The van der Waals surface area contributed by atoms with Crippen molar-refractivity contribution < 1.29 is 23.5 Å². The van der Waals surface area contributed by atoms with Gasteiger partial charge in [-0.05, 0) is 103 Å². The molecule has 2 amide bonds. The van der Waals surface area contributed by atoms with Crippen LogP contribution in [0.25, 0.3) is 10.8 Å². The van der Waals surface area contributed by atoms with Gasteiger partial charge in [0.15, 0.2) is 0 Å². The number of benzene rings is 2. The zero-order valence-electron chi connectivity index (χ0n) is 30.5. The molecule has 52 heavy (non-hydrogen) atoms. The topological polar surface area (TPSA) is 113 Å². The van der Waals surface area contributed by atoms with E-state index >= 15 is 4.39 Å². The summed E-state index contributed by atoms with van der Waals surface area (Å²) in [6, 6.07) is 11.7. The molecular weight excluding hydrogens is 659 g/mol. The molecule has 1 aliphatic heterocycles. The first kappa shape index (κ1) is 35.1.